The molecule has 1 atom stereocenters. The largest absolute Gasteiger partial charge is 0.336 e. The van der Waals surface area contributed by atoms with Crippen molar-refractivity contribution in [2.24, 2.45) is 7.05 Å². The highest BCUT2D eigenvalue weighted by Gasteiger charge is 2.25. The molecule has 0 bridgehead atoms. The van der Waals surface area contributed by atoms with Gasteiger partial charge in [0.05, 0.1) is 4.90 Å². The molecule has 8 heteroatoms. The highest BCUT2D eigenvalue weighted by Crippen LogP contribution is 2.23. The Hall–Kier alpha value is -2.58. The van der Waals surface area contributed by atoms with Gasteiger partial charge in [-0.15, -0.1) is 0 Å². The van der Waals surface area contributed by atoms with Gasteiger partial charge in [-0.3, -0.25) is 0 Å². The first-order valence-electron chi connectivity index (χ1n) is 7.37. The van der Waals surface area contributed by atoms with Crippen molar-refractivity contribution in [3.8, 4) is 0 Å². The van der Waals surface area contributed by atoms with Crippen molar-refractivity contribution < 1.29 is 17.2 Å². The molecular formula is C17H15F2N3O2S. The lowest BCUT2D eigenvalue weighted by Gasteiger charge is -2.19. The predicted molar refractivity (Wildman–Crippen MR) is 88.2 cm³/mol. The van der Waals surface area contributed by atoms with E-state index in [1.54, 1.807) is 17.8 Å². The van der Waals surface area contributed by atoms with Crippen LogP contribution in [-0.4, -0.2) is 18.0 Å². The summed E-state index contributed by atoms with van der Waals surface area (Å²) >= 11 is 0. The molecule has 3 aromatic rings. The molecule has 0 saturated carbocycles. The Morgan fingerprint density at radius 3 is 2.08 bits per heavy atom. The lowest BCUT2D eigenvalue weighted by atomic mass is 10.1. The van der Waals surface area contributed by atoms with Gasteiger partial charge < -0.3 is 4.57 Å². The molecule has 5 nitrogen and oxygen atoms in total. The first-order chi connectivity index (χ1) is 11.9. The molecule has 0 saturated heterocycles. The van der Waals surface area contributed by atoms with Gasteiger partial charge in [0.1, 0.15) is 23.5 Å². The monoisotopic (exact) mass is 363 g/mol. The number of halogens is 2. The summed E-state index contributed by atoms with van der Waals surface area (Å²) in [6.07, 6.45) is 3.22. The van der Waals surface area contributed by atoms with Crippen LogP contribution >= 0.6 is 0 Å². The molecule has 0 radical (unpaired) electrons. The Labute approximate surface area is 144 Å². The first-order valence-corrected chi connectivity index (χ1v) is 8.86. The molecule has 0 fully saturated rings. The number of sulfonamides is 1. The third kappa shape index (κ3) is 3.75. The molecule has 1 aromatic heterocycles. The van der Waals surface area contributed by atoms with Crippen LogP contribution in [0.5, 0.6) is 0 Å². The van der Waals surface area contributed by atoms with E-state index < -0.39 is 27.7 Å². The molecule has 0 aliphatic carbocycles. The Kier molecular flexibility index (Phi) is 4.65. The Bertz CT molecular complexity index is 968. The van der Waals surface area contributed by atoms with Crippen molar-refractivity contribution in [1.29, 1.82) is 0 Å². The van der Waals surface area contributed by atoms with E-state index in [1.165, 1.54) is 42.6 Å². The zero-order valence-corrected chi connectivity index (χ0v) is 14.0. The number of benzene rings is 2. The molecule has 0 aliphatic heterocycles. The number of hydrogen-bond acceptors (Lipinski definition) is 3. The molecule has 3 rings (SSSR count). The second-order valence-electron chi connectivity index (χ2n) is 5.46. The molecule has 0 spiro atoms. The number of imidazole rings is 1. The molecular weight excluding hydrogens is 348 g/mol. The van der Waals surface area contributed by atoms with E-state index in [1.807, 2.05) is 0 Å². The van der Waals surface area contributed by atoms with E-state index in [9.17, 15) is 17.2 Å². The van der Waals surface area contributed by atoms with Gasteiger partial charge in [0.25, 0.3) is 0 Å². The van der Waals surface area contributed by atoms with E-state index in [-0.39, 0.29) is 4.90 Å². The number of rotatable bonds is 5. The summed E-state index contributed by atoms with van der Waals surface area (Å²) < 4.78 is 55.8. The van der Waals surface area contributed by atoms with E-state index in [2.05, 4.69) is 9.71 Å². The number of nitrogens with one attached hydrogen (secondary N) is 1. The zero-order valence-electron chi connectivity index (χ0n) is 13.2. The summed E-state index contributed by atoms with van der Waals surface area (Å²) in [5, 5.41) is 0. The summed E-state index contributed by atoms with van der Waals surface area (Å²) in [5.74, 6) is -0.515. The summed E-state index contributed by atoms with van der Waals surface area (Å²) in [6.45, 7) is 0. The molecule has 0 amide bonds. The lowest BCUT2D eigenvalue weighted by molar-refractivity contribution is 0.561. The number of hydrogen-bond donors (Lipinski definition) is 1. The normalized spacial score (nSPS) is 12.9. The van der Waals surface area contributed by atoms with Crippen molar-refractivity contribution in [2.75, 3.05) is 0 Å². The van der Waals surface area contributed by atoms with Crippen LogP contribution in [-0.2, 0) is 17.1 Å². The van der Waals surface area contributed by atoms with Crippen LogP contribution in [0.25, 0.3) is 0 Å². The average Bonchev–Trinajstić information content (AvgIpc) is 3.00. The quantitative estimate of drug-likeness (QED) is 0.758. The minimum Gasteiger partial charge on any atom is -0.336 e. The van der Waals surface area contributed by atoms with E-state index in [4.69, 9.17) is 0 Å². The van der Waals surface area contributed by atoms with Gasteiger partial charge in [0.15, 0.2) is 0 Å². The average molecular weight is 363 g/mol. The minimum atomic E-state index is -3.94. The SMILES string of the molecule is Cn1ccnc1[C@@H](NS(=O)(=O)c1ccc(F)cc1)c1ccc(F)cc1. The number of nitrogens with zero attached hydrogens (tertiary/aromatic N) is 2. The molecule has 2 aromatic carbocycles. The third-order valence-electron chi connectivity index (χ3n) is 3.72. The third-order valence-corrected chi connectivity index (χ3v) is 5.16. The summed E-state index contributed by atoms with van der Waals surface area (Å²) in [6, 6.07) is 9.15. The fourth-order valence-electron chi connectivity index (χ4n) is 2.42. The number of aryl methyl sites for hydroxylation is 1. The van der Waals surface area contributed by atoms with Gasteiger partial charge in [-0.1, -0.05) is 12.1 Å². The van der Waals surface area contributed by atoms with E-state index >= 15 is 0 Å². The number of aromatic nitrogens is 2. The van der Waals surface area contributed by atoms with Crippen LogP contribution in [0.3, 0.4) is 0 Å². The standard InChI is InChI=1S/C17H15F2N3O2S/c1-22-11-10-20-17(22)16(12-2-4-13(18)5-3-12)21-25(23,24)15-8-6-14(19)7-9-15/h2-11,16,21H,1H3/t16-/m0/s1. The Morgan fingerprint density at radius 1 is 1.00 bits per heavy atom. The Morgan fingerprint density at radius 2 is 1.56 bits per heavy atom. The fourth-order valence-corrected chi connectivity index (χ4v) is 3.60. The van der Waals surface area contributed by atoms with Crippen molar-refractivity contribution in [2.45, 2.75) is 10.9 Å². The van der Waals surface area contributed by atoms with Crippen molar-refractivity contribution in [3.05, 3.63) is 83.9 Å². The first kappa shape index (κ1) is 17.2. The van der Waals surface area contributed by atoms with Gasteiger partial charge in [-0.05, 0) is 42.0 Å². The molecule has 0 unspecified atom stereocenters. The summed E-state index contributed by atoms with van der Waals surface area (Å²) in [4.78, 5) is 4.12. The lowest BCUT2D eigenvalue weighted by Crippen LogP contribution is -2.31. The van der Waals surface area contributed by atoms with E-state index in [0.717, 1.165) is 12.1 Å². The second kappa shape index (κ2) is 6.73. The summed E-state index contributed by atoms with van der Waals surface area (Å²) in [5.41, 5.74) is 0.529. The maximum atomic E-state index is 13.2. The molecule has 130 valence electrons. The van der Waals surface area contributed by atoms with Crippen LogP contribution in [0.1, 0.15) is 17.4 Å². The maximum absolute atomic E-state index is 13.2. The van der Waals surface area contributed by atoms with Crippen LogP contribution in [0, 0.1) is 11.6 Å². The smallest absolute Gasteiger partial charge is 0.241 e. The minimum absolute atomic E-state index is 0.0739. The van der Waals surface area contributed by atoms with Gasteiger partial charge in [0.2, 0.25) is 10.0 Å². The van der Waals surface area contributed by atoms with Crippen molar-refractivity contribution in [3.63, 3.8) is 0 Å². The topological polar surface area (TPSA) is 64.0 Å². The highest BCUT2D eigenvalue weighted by atomic mass is 32.2. The van der Waals surface area contributed by atoms with Crippen molar-refractivity contribution >= 4 is 10.0 Å². The van der Waals surface area contributed by atoms with Crippen LogP contribution in [0.15, 0.2) is 65.8 Å². The zero-order chi connectivity index (χ0) is 18.0. The van der Waals surface area contributed by atoms with Crippen molar-refractivity contribution in [1.82, 2.24) is 14.3 Å². The van der Waals surface area contributed by atoms with E-state index in [0.29, 0.717) is 11.4 Å². The van der Waals surface area contributed by atoms with Gasteiger partial charge in [0, 0.05) is 19.4 Å². The van der Waals surface area contributed by atoms with Gasteiger partial charge in [-0.2, -0.15) is 4.72 Å². The van der Waals surface area contributed by atoms with Gasteiger partial charge in [-0.25, -0.2) is 22.2 Å². The van der Waals surface area contributed by atoms with Crippen LogP contribution in [0.4, 0.5) is 8.78 Å². The van der Waals surface area contributed by atoms with Crippen LogP contribution in [0.2, 0.25) is 0 Å². The van der Waals surface area contributed by atoms with Crippen LogP contribution < -0.4 is 4.72 Å². The fraction of sp³-hybridized carbons (Fsp3) is 0.118. The molecule has 0 aliphatic rings. The Balaban J connectivity index is 2.02. The molecule has 25 heavy (non-hydrogen) atoms. The molecule has 1 N–H and O–H groups in total. The predicted octanol–water partition coefficient (Wildman–Crippen LogP) is 2.77. The second-order valence-corrected chi connectivity index (χ2v) is 7.17. The summed E-state index contributed by atoms with van der Waals surface area (Å²) in [7, 11) is -2.21. The van der Waals surface area contributed by atoms with Gasteiger partial charge >= 0.3 is 0 Å². The highest BCUT2D eigenvalue weighted by molar-refractivity contribution is 7.89. The maximum Gasteiger partial charge on any atom is 0.241 e. The molecule has 1 heterocycles.